The van der Waals surface area contributed by atoms with Crippen molar-refractivity contribution < 1.29 is 23.1 Å². The highest BCUT2D eigenvalue weighted by Crippen LogP contribution is 2.20. The molecule has 6 nitrogen and oxygen atoms in total. The number of carboxylic acids is 1. The van der Waals surface area contributed by atoms with Crippen molar-refractivity contribution in [2.45, 2.75) is 31.9 Å². The Morgan fingerprint density at radius 1 is 1.39 bits per heavy atom. The van der Waals surface area contributed by atoms with Crippen molar-refractivity contribution in [1.82, 2.24) is 4.31 Å². The minimum absolute atomic E-state index is 0.0963. The molecule has 106 valence electrons. The average Bonchev–Trinajstić information content (AvgIpc) is 2.28. The molecule has 0 aromatic carbocycles. The van der Waals surface area contributed by atoms with E-state index in [1.165, 1.54) is 0 Å². The Kier molecular flexibility index (Phi) is 5.55. The fourth-order valence-electron chi connectivity index (χ4n) is 2.00. The maximum absolute atomic E-state index is 12.4. The van der Waals surface area contributed by atoms with Crippen molar-refractivity contribution >= 4 is 16.0 Å². The number of sulfonamides is 1. The molecule has 1 fully saturated rings. The van der Waals surface area contributed by atoms with E-state index in [-0.39, 0.29) is 12.5 Å². The summed E-state index contributed by atoms with van der Waals surface area (Å²) in [6, 6.07) is 0. The van der Waals surface area contributed by atoms with Crippen LogP contribution in [-0.2, 0) is 19.6 Å². The molecule has 0 atom stereocenters. The molecule has 0 bridgehead atoms. The molecule has 0 aromatic heterocycles. The van der Waals surface area contributed by atoms with Gasteiger partial charge in [0.25, 0.3) is 0 Å². The van der Waals surface area contributed by atoms with Gasteiger partial charge in [-0.25, -0.2) is 8.42 Å². The van der Waals surface area contributed by atoms with Gasteiger partial charge in [0.05, 0.1) is 5.25 Å². The van der Waals surface area contributed by atoms with Crippen molar-refractivity contribution in [3.05, 3.63) is 0 Å². The van der Waals surface area contributed by atoms with Crippen LogP contribution in [0.2, 0.25) is 0 Å². The molecule has 1 rings (SSSR count). The van der Waals surface area contributed by atoms with Gasteiger partial charge in [-0.2, -0.15) is 4.31 Å². The van der Waals surface area contributed by atoms with Gasteiger partial charge in [0.1, 0.15) is 6.54 Å². The van der Waals surface area contributed by atoms with Gasteiger partial charge in [-0.1, -0.05) is 13.8 Å². The molecule has 0 spiro atoms. The second kappa shape index (κ2) is 6.49. The molecule has 0 radical (unpaired) electrons. The van der Waals surface area contributed by atoms with E-state index >= 15 is 0 Å². The third kappa shape index (κ3) is 4.22. The SMILES string of the molecule is CC(C)CN(CC(=O)O)S(=O)(=O)C1CCOCC1. The molecule has 0 unspecified atom stereocenters. The highest BCUT2D eigenvalue weighted by atomic mass is 32.2. The fraction of sp³-hybridized carbons (Fsp3) is 0.909. The molecule has 18 heavy (non-hydrogen) atoms. The van der Waals surface area contributed by atoms with Crippen molar-refractivity contribution in [2.75, 3.05) is 26.3 Å². The van der Waals surface area contributed by atoms with Crippen LogP contribution in [0, 0.1) is 5.92 Å². The zero-order chi connectivity index (χ0) is 13.8. The number of hydrogen-bond donors (Lipinski definition) is 1. The lowest BCUT2D eigenvalue weighted by molar-refractivity contribution is -0.137. The quantitative estimate of drug-likeness (QED) is 0.767. The van der Waals surface area contributed by atoms with E-state index in [0.717, 1.165) is 4.31 Å². The molecule has 1 heterocycles. The smallest absolute Gasteiger partial charge is 0.318 e. The first-order chi connectivity index (χ1) is 8.34. The lowest BCUT2D eigenvalue weighted by atomic mass is 10.2. The van der Waals surface area contributed by atoms with Gasteiger partial charge in [-0.05, 0) is 18.8 Å². The average molecular weight is 279 g/mol. The molecular formula is C11H21NO5S. The van der Waals surface area contributed by atoms with Gasteiger partial charge >= 0.3 is 5.97 Å². The first-order valence-corrected chi connectivity index (χ1v) is 7.63. The zero-order valence-electron chi connectivity index (χ0n) is 10.8. The first kappa shape index (κ1) is 15.4. The summed E-state index contributed by atoms with van der Waals surface area (Å²) in [4.78, 5) is 10.8. The van der Waals surface area contributed by atoms with Gasteiger partial charge in [0.15, 0.2) is 0 Å². The highest BCUT2D eigenvalue weighted by Gasteiger charge is 2.34. The Balaban J connectivity index is 2.83. The van der Waals surface area contributed by atoms with Crippen LogP contribution >= 0.6 is 0 Å². The Morgan fingerprint density at radius 2 is 1.94 bits per heavy atom. The number of aliphatic carboxylic acids is 1. The van der Waals surface area contributed by atoms with Gasteiger partial charge in [-0.3, -0.25) is 4.79 Å². The summed E-state index contributed by atoms with van der Waals surface area (Å²) in [6.07, 6.45) is 0.882. The monoisotopic (exact) mass is 279 g/mol. The van der Waals surface area contributed by atoms with Gasteiger partial charge in [-0.15, -0.1) is 0 Å². The summed E-state index contributed by atoms with van der Waals surface area (Å²) < 4.78 is 31.0. The molecule has 0 amide bonds. The van der Waals surface area contributed by atoms with Crippen LogP contribution in [-0.4, -0.2) is 55.4 Å². The van der Waals surface area contributed by atoms with Crippen molar-refractivity contribution in [1.29, 1.82) is 0 Å². The minimum Gasteiger partial charge on any atom is -0.480 e. The number of hydrogen-bond acceptors (Lipinski definition) is 4. The normalized spacial score (nSPS) is 18.4. The van der Waals surface area contributed by atoms with E-state index in [4.69, 9.17) is 9.84 Å². The number of ether oxygens (including phenoxy) is 1. The van der Waals surface area contributed by atoms with E-state index in [9.17, 15) is 13.2 Å². The third-order valence-electron chi connectivity index (χ3n) is 2.83. The number of carbonyl (C=O) groups is 1. The van der Waals surface area contributed by atoms with Gasteiger partial charge in [0.2, 0.25) is 10.0 Å². The van der Waals surface area contributed by atoms with Crippen LogP contribution in [0.5, 0.6) is 0 Å². The summed E-state index contributed by atoms with van der Waals surface area (Å²) >= 11 is 0. The molecule has 0 aromatic rings. The van der Waals surface area contributed by atoms with Crippen molar-refractivity contribution in [2.24, 2.45) is 5.92 Å². The van der Waals surface area contributed by atoms with Crippen LogP contribution < -0.4 is 0 Å². The second-order valence-electron chi connectivity index (χ2n) is 4.94. The first-order valence-electron chi connectivity index (χ1n) is 6.12. The van der Waals surface area contributed by atoms with Crippen LogP contribution in [0.3, 0.4) is 0 Å². The van der Waals surface area contributed by atoms with E-state index in [1.54, 1.807) is 0 Å². The number of rotatable bonds is 6. The van der Waals surface area contributed by atoms with Crippen LogP contribution in [0.4, 0.5) is 0 Å². The summed E-state index contributed by atoms with van der Waals surface area (Å²) in [5.74, 6) is -1.02. The zero-order valence-corrected chi connectivity index (χ0v) is 11.6. The van der Waals surface area contributed by atoms with Gasteiger partial charge in [0, 0.05) is 19.8 Å². The molecule has 0 saturated carbocycles. The van der Waals surface area contributed by atoms with Gasteiger partial charge < -0.3 is 9.84 Å². The maximum Gasteiger partial charge on any atom is 0.318 e. The van der Waals surface area contributed by atoms with E-state index in [0.29, 0.717) is 26.1 Å². The molecule has 7 heteroatoms. The minimum atomic E-state index is -3.54. The molecule has 1 N–H and O–H groups in total. The lowest BCUT2D eigenvalue weighted by Gasteiger charge is -2.29. The fourth-order valence-corrected chi connectivity index (χ4v) is 4.01. The third-order valence-corrected chi connectivity index (χ3v) is 5.14. The van der Waals surface area contributed by atoms with E-state index < -0.39 is 27.8 Å². The Morgan fingerprint density at radius 3 is 2.39 bits per heavy atom. The molecule has 0 aliphatic carbocycles. The maximum atomic E-state index is 12.4. The lowest BCUT2D eigenvalue weighted by Crippen LogP contribution is -2.45. The summed E-state index contributed by atoms with van der Waals surface area (Å²) in [7, 11) is -3.54. The predicted molar refractivity (Wildman–Crippen MR) is 66.8 cm³/mol. The second-order valence-corrected chi connectivity index (χ2v) is 7.15. The molecular weight excluding hydrogens is 258 g/mol. The van der Waals surface area contributed by atoms with E-state index in [2.05, 4.69) is 0 Å². The standard InChI is InChI=1S/C11H21NO5S/c1-9(2)7-12(8-11(13)14)18(15,16)10-3-5-17-6-4-10/h9-10H,3-8H2,1-2H3,(H,13,14). The Hall–Kier alpha value is -0.660. The van der Waals surface area contributed by atoms with Crippen LogP contribution in [0.15, 0.2) is 0 Å². The molecule has 1 saturated heterocycles. The number of carboxylic acid groups (broad SMARTS) is 1. The summed E-state index contributed by atoms with van der Waals surface area (Å²) in [5, 5.41) is 8.32. The highest BCUT2D eigenvalue weighted by molar-refractivity contribution is 7.89. The molecule has 1 aliphatic heterocycles. The topological polar surface area (TPSA) is 83.9 Å². The van der Waals surface area contributed by atoms with E-state index in [1.807, 2.05) is 13.8 Å². The predicted octanol–water partition coefficient (Wildman–Crippen LogP) is 0.538. The largest absolute Gasteiger partial charge is 0.480 e. The van der Waals surface area contributed by atoms with Crippen molar-refractivity contribution in [3.8, 4) is 0 Å². The van der Waals surface area contributed by atoms with Crippen LogP contribution in [0.1, 0.15) is 26.7 Å². The Labute approximate surface area is 108 Å². The molecule has 1 aliphatic rings. The van der Waals surface area contributed by atoms with Crippen LogP contribution in [0.25, 0.3) is 0 Å². The summed E-state index contributed by atoms with van der Waals surface area (Å²) in [6.45, 7) is 4.37. The number of nitrogens with zero attached hydrogens (tertiary/aromatic N) is 1. The Bertz CT molecular complexity index is 373. The van der Waals surface area contributed by atoms with Crippen molar-refractivity contribution in [3.63, 3.8) is 0 Å². The summed E-state index contributed by atoms with van der Waals surface area (Å²) in [5.41, 5.74) is 0.